The summed E-state index contributed by atoms with van der Waals surface area (Å²) < 4.78 is 1.72. The van der Waals surface area contributed by atoms with Crippen LogP contribution in [-0.2, 0) is 6.54 Å². The van der Waals surface area contributed by atoms with Gasteiger partial charge in [-0.05, 0) is 30.7 Å². The van der Waals surface area contributed by atoms with Crippen LogP contribution in [0.5, 0.6) is 11.5 Å². The van der Waals surface area contributed by atoms with Gasteiger partial charge in [-0.2, -0.15) is 5.10 Å². The molecular formula is C13H15N3O3. The number of aryl methyl sites for hydroxylation is 1. The quantitative estimate of drug-likeness (QED) is 0.717. The average molecular weight is 261 g/mol. The summed E-state index contributed by atoms with van der Waals surface area (Å²) in [5.41, 5.74) is 1.11. The summed E-state index contributed by atoms with van der Waals surface area (Å²) in [5.74, 6) is -0.659. The Kier molecular flexibility index (Phi) is 3.70. The van der Waals surface area contributed by atoms with E-state index in [4.69, 9.17) is 0 Å². The number of phenols is 2. The molecule has 1 heterocycles. The van der Waals surface area contributed by atoms with Gasteiger partial charge in [-0.15, -0.1) is 0 Å². The Morgan fingerprint density at radius 2 is 2.21 bits per heavy atom. The second-order valence-electron chi connectivity index (χ2n) is 4.24. The van der Waals surface area contributed by atoms with Crippen LogP contribution in [0.15, 0.2) is 30.6 Å². The number of hydrogen-bond donors (Lipinski definition) is 3. The van der Waals surface area contributed by atoms with Crippen LogP contribution in [0.2, 0.25) is 0 Å². The van der Waals surface area contributed by atoms with E-state index in [0.717, 1.165) is 5.56 Å². The Morgan fingerprint density at radius 3 is 2.89 bits per heavy atom. The van der Waals surface area contributed by atoms with Crippen LogP contribution in [0.3, 0.4) is 0 Å². The van der Waals surface area contributed by atoms with Crippen LogP contribution in [-0.4, -0.2) is 32.4 Å². The lowest BCUT2D eigenvalue weighted by Crippen LogP contribution is -2.27. The molecule has 6 heteroatoms. The van der Waals surface area contributed by atoms with Crippen molar-refractivity contribution in [3.8, 4) is 11.5 Å². The Bertz CT molecular complexity index is 593. The smallest absolute Gasteiger partial charge is 0.255 e. The molecule has 0 saturated heterocycles. The molecule has 0 saturated carbocycles. The minimum atomic E-state index is -0.433. The maximum absolute atomic E-state index is 11.8. The first kappa shape index (κ1) is 12.9. The fourth-order valence-corrected chi connectivity index (χ4v) is 1.67. The second-order valence-corrected chi connectivity index (χ2v) is 4.24. The highest BCUT2D eigenvalue weighted by Gasteiger charge is 2.11. The molecule has 1 aromatic carbocycles. The molecule has 100 valence electrons. The van der Waals surface area contributed by atoms with Gasteiger partial charge in [0.25, 0.3) is 5.91 Å². The van der Waals surface area contributed by atoms with Crippen LogP contribution in [0.4, 0.5) is 0 Å². The van der Waals surface area contributed by atoms with Crippen LogP contribution in [0.1, 0.15) is 15.9 Å². The number of nitrogens with one attached hydrogen (secondary N) is 1. The normalized spacial score (nSPS) is 10.4. The van der Waals surface area contributed by atoms with Crippen molar-refractivity contribution in [2.75, 3.05) is 6.54 Å². The molecule has 2 rings (SSSR count). The minimum absolute atomic E-state index is 0.0524. The van der Waals surface area contributed by atoms with Crippen molar-refractivity contribution >= 4 is 5.91 Å². The highest BCUT2D eigenvalue weighted by Crippen LogP contribution is 2.21. The van der Waals surface area contributed by atoms with E-state index in [-0.39, 0.29) is 17.1 Å². The number of phenolic OH excluding ortho intramolecular Hbond substituents is 2. The number of hydrogen-bond acceptors (Lipinski definition) is 4. The summed E-state index contributed by atoms with van der Waals surface area (Å²) in [4.78, 5) is 11.8. The van der Waals surface area contributed by atoms with Crippen molar-refractivity contribution < 1.29 is 15.0 Å². The molecular weight excluding hydrogens is 246 g/mol. The van der Waals surface area contributed by atoms with E-state index in [9.17, 15) is 15.0 Å². The summed E-state index contributed by atoms with van der Waals surface area (Å²) in [7, 11) is 0. The summed E-state index contributed by atoms with van der Waals surface area (Å²) >= 11 is 0. The van der Waals surface area contributed by atoms with Crippen LogP contribution < -0.4 is 5.32 Å². The molecule has 0 aliphatic carbocycles. The number of amides is 1. The summed E-state index contributed by atoms with van der Waals surface area (Å²) in [6.45, 7) is 2.86. The summed E-state index contributed by atoms with van der Waals surface area (Å²) in [5, 5.41) is 25.6. The lowest BCUT2D eigenvalue weighted by molar-refractivity contribution is 0.0949. The highest BCUT2D eigenvalue weighted by molar-refractivity contribution is 5.97. The third kappa shape index (κ3) is 3.25. The standard InChI is InChI=1S/C13H15N3O3/c1-9-7-15-16(8-9)5-4-14-13(19)11-6-10(17)2-3-12(11)18/h2-3,6-8,17-18H,4-5H2,1H3,(H,14,19). The van der Waals surface area contributed by atoms with Crippen molar-refractivity contribution in [3.63, 3.8) is 0 Å². The van der Waals surface area contributed by atoms with Gasteiger partial charge >= 0.3 is 0 Å². The SMILES string of the molecule is Cc1cnn(CCNC(=O)c2cc(O)ccc2O)c1. The van der Waals surface area contributed by atoms with E-state index in [1.807, 2.05) is 13.1 Å². The van der Waals surface area contributed by atoms with Gasteiger partial charge in [0.05, 0.1) is 18.3 Å². The zero-order chi connectivity index (χ0) is 13.8. The van der Waals surface area contributed by atoms with Gasteiger partial charge in [-0.1, -0.05) is 0 Å². The Morgan fingerprint density at radius 1 is 1.42 bits per heavy atom. The molecule has 0 radical (unpaired) electrons. The third-order valence-electron chi connectivity index (χ3n) is 2.61. The van der Waals surface area contributed by atoms with Gasteiger partial charge in [0.15, 0.2) is 0 Å². The van der Waals surface area contributed by atoms with Gasteiger partial charge in [0.2, 0.25) is 0 Å². The molecule has 0 fully saturated rings. The van der Waals surface area contributed by atoms with Gasteiger partial charge in [-0.3, -0.25) is 9.48 Å². The largest absolute Gasteiger partial charge is 0.508 e. The molecule has 1 aromatic heterocycles. The number of aromatic nitrogens is 2. The van der Waals surface area contributed by atoms with Gasteiger partial charge < -0.3 is 15.5 Å². The Hall–Kier alpha value is -2.50. The molecule has 0 atom stereocenters. The van der Waals surface area contributed by atoms with E-state index in [1.54, 1.807) is 10.9 Å². The maximum Gasteiger partial charge on any atom is 0.255 e. The third-order valence-corrected chi connectivity index (χ3v) is 2.61. The van der Waals surface area contributed by atoms with Crippen molar-refractivity contribution in [1.82, 2.24) is 15.1 Å². The van der Waals surface area contributed by atoms with Crippen molar-refractivity contribution in [2.45, 2.75) is 13.5 Å². The van der Waals surface area contributed by atoms with E-state index in [1.165, 1.54) is 18.2 Å². The molecule has 0 aliphatic heterocycles. The first-order valence-corrected chi connectivity index (χ1v) is 5.85. The van der Waals surface area contributed by atoms with Gasteiger partial charge in [0.1, 0.15) is 11.5 Å². The van der Waals surface area contributed by atoms with Crippen LogP contribution >= 0.6 is 0 Å². The van der Waals surface area contributed by atoms with E-state index in [2.05, 4.69) is 10.4 Å². The fourth-order valence-electron chi connectivity index (χ4n) is 1.67. The molecule has 1 amide bonds. The topological polar surface area (TPSA) is 87.4 Å². The number of benzene rings is 1. The number of aromatic hydroxyl groups is 2. The van der Waals surface area contributed by atoms with E-state index in [0.29, 0.717) is 13.1 Å². The van der Waals surface area contributed by atoms with Crippen LogP contribution in [0.25, 0.3) is 0 Å². The molecule has 0 aliphatic rings. The molecule has 0 unspecified atom stereocenters. The van der Waals surface area contributed by atoms with Crippen molar-refractivity contribution in [3.05, 3.63) is 41.7 Å². The molecule has 6 nitrogen and oxygen atoms in total. The van der Waals surface area contributed by atoms with Gasteiger partial charge in [0, 0.05) is 12.7 Å². The number of carbonyl (C=O) groups is 1. The highest BCUT2D eigenvalue weighted by atomic mass is 16.3. The molecule has 19 heavy (non-hydrogen) atoms. The molecule has 0 bridgehead atoms. The first-order chi connectivity index (χ1) is 9.06. The molecule has 3 N–H and O–H groups in total. The fraction of sp³-hybridized carbons (Fsp3) is 0.231. The predicted octanol–water partition coefficient (Wildman–Crippen LogP) is 1.03. The zero-order valence-electron chi connectivity index (χ0n) is 10.5. The lowest BCUT2D eigenvalue weighted by atomic mass is 10.2. The van der Waals surface area contributed by atoms with Crippen molar-refractivity contribution in [1.29, 1.82) is 0 Å². The van der Waals surface area contributed by atoms with Crippen LogP contribution in [0, 0.1) is 6.92 Å². The predicted molar refractivity (Wildman–Crippen MR) is 69.1 cm³/mol. The minimum Gasteiger partial charge on any atom is -0.508 e. The number of rotatable bonds is 4. The summed E-state index contributed by atoms with van der Waals surface area (Å²) in [6, 6.07) is 3.82. The molecule has 2 aromatic rings. The first-order valence-electron chi connectivity index (χ1n) is 5.85. The van der Waals surface area contributed by atoms with E-state index < -0.39 is 5.91 Å². The monoisotopic (exact) mass is 261 g/mol. The zero-order valence-corrected chi connectivity index (χ0v) is 10.5. The second kappa shape index (κ2) is 5.43. The number of carbonyl (C=O) groups excluding carboxylic acids is 1. The van der Waals surface area contributed by atoms with E-state index >= 15 is 0 Å². The maximum atomic E-state index is 11.8. The van der Waals surface area contributed by atoms with Crippen molar-refractivity contribution in [2.24, 2.45) is 0 Å². The van der Waals surface area contributed by atoms with Gasteiger partial charge in [-0.25, -0.2) is 0 Å². The Balaban J connectivity index is 1.92. The average Bonchev–Trinajstić information content (AvgIpc) is 2.78. The molecule has 0 spiro atoms. The summed E-state index contributed by atoms with van der Waals surface area (Å²) in [6.07, 6.45) is 3.61. The lowest BCUT2D eigenvalue weighted by Gasteiger charge is -2.07. The number of nitrogens with zero attached hydrogens (tertiary/aromatic N) is 2. The Labute approximate surface area is 110 Å².